The van der Waals surface area contributed by atoms with Gasteiger partial charge in [-0.05, 0) is 6.92 Å². The summed E-state index contributed by atoms with van der Waals surface area (Å²) in [4.78, 5) is 0. The van der Waals surface area contributed by atoms with Gasteiger partial charge in [-0.15, -0.1) is 16.7 Å². The molecule has 1 heterocycles. The number of ether oxygens (including phenoxy) is 2. The Labute approximate surface area is 126 Å². The van der Waals surface area contributed by atoms with Gasteiger partial charge in [-0.1, -0.05) is 16.7 Å². The molecule has 20 heavy (non-hydrogen) atoms. The van der Waals surface area contributed by atoms with Crippen LogP contribution in [0.2, 0.25) is 5.02 Å². The first-order valence-corrected chi connectivity index (χ1v) is 6.52. The van der Waals surface area contributed by atoms with Crippen molar-refractivity contribution < 1.29 is 13.9 Å². The van der Waals surface area contributed by atoms with E-state index in [9.17, 15) is 0 Å². The molecule has 1 atom stereocenters. The zero-order chi connectivity index (χ0) is 14.7. The summed E-state index contributed by atoms with van der Waals surface area (Å²) >= 11 is 11.9. The Morgan fingerprint density at radius 3 is 2.45 bits per heavy atom. The lowest BCUT2D eigenvalue weighted by Crippen LogP contribution is -1.96. The van der Waals surface area contributed by atoms with Gasteiger partial charge in [-0.2, -0.15) is 0 Å². The molecule has 0 aliphatic rings. The summed E-state index contributed by atoms with van der Waals surface area (Å²) in [5.41, 5.74) is 0.589. The number of benzene rings is 1. The van der Waals surface area contributed by atoms with Gasteiger partial charge in [0.25, 0.3) is 0 Å². The molecule has 0 saturated carbocycles. The minimum atomic E-state index is -0.361. The van der Waals surface area contributed by atoms with Crippen LogP contribution >= 0.6 is 23.2 Å². The number of rotatable bonds is 5. The van der Waals surface area contributed by atoms with Crippen molar-refractivity contribution in [2.45, 2.75) is 12.3 Å². The van der Waals surface area contributed by atoms with Gasteiger partial charge < -0.3 is 19.2 Å². The van der Waals surface area contributed by atoms with Crippen molar-refractivity contribution in [3.05, 3.63) is 23.0 Å². The van der Waals surface area contributed by atoms with Crippen molar-refractivity contribution in [1.82, 2.24) is 10.2 Å². The second-order valence-corrected chi connectivity index (χ2v) is 4.94. The molecule has 8 heteroatoms. The van der Waals surface area contributed by atoms with Crippen LogP contribution in [0.4, 0.5) is 11.7 Å². The van der Waals surface area contributed by atoms with Crippen LogP contribution in [0.1, 0.15) is 18.2 Å². The van der Waals surface area contributed by atoms with E-state index in [2.05, 4.69) is 15.5 Å². The van der Waals surface area contributed by atoms with E-state index in [4.69, 9.17) is 37.1 Å². The molecule has 1 aromatic heterocycles. The Hall–Kier alpha value is -1.66. The van der Waals surface area contributed by atoms with Gasteiger partial charge in [0.2, 0.25) is 5.89 Å². The number of nitrogens with one attached hydrogen (secondary N) is 1. The molecule has 0 radical (unpaired) electrons. The molecule has 0 bridgehead atoms. The number of anilines is 2. The highest BCUT2D eigenvalue weighted by atomic mass is 35.5. The number of alkyl halides is 1. The standard InChI is InChI=1S/C12H13Cl2N3O3/c1-6(13)11-16-17-12(20-11)15-8-5-9(18-2)7(14)4-10(8)19-3/h4-6H,1-3H3,(H,15,17). The summed E-state index contributed by atoms with van der Waals surface area (Å²) in [6, 6.07) is 3.51. The number of hydrogen-bond acceptors (Lipinski definition) is 6. The Morgan fingerprint density at radius 2 is 1.90 bits per heavy atom. The van der Waals surface area contributed by atoms with Gasteiger partial charge in [-0.25, -0.2) is 0 Å². The summed E-state index contributed by atoms with van der Waals surface area (Å²) in [6.07, 6.45) is 0. The molecular formula is C12H13Cl2N3O3. The van der Waals surface area contributed by atoms with Crippen molar-refractivity contribution in [1.29, 1.82) is 0 Å². The van der Waals surface area contributed by atoms with E-state index in [0.717, 1.165) is 0 Å². The smallest absolute Gasteiger partial charge is 0.320 e. The third kappa shape index (κ3) is 3.08. The number of methoxy groups -OCH3 is 2. The van der Waals surface area contributed by atoms with E-state index >= 15 is 0 Å². The maximum absolute atomic E-state index is 6.03. The lowest BCUT2D eigenvalue weighted by Gasteiger charge is -2.11. The van der Waals surface area contributed by atoms with Crippen molar-refractivity contribution in [3.8, 4) is 11.5 Å². The van der Waals surface area contributed by atoms with Crippen LogP contribution in [0.3, 0.4) is 0 Å². The molecule has 1 aromatic carbocycles. The van der Waals surface area contributed by atoms with Crippen LogP contribution in [0, 0.1) is 0 Å². The summed E-state index contributed by atoms with van der Waals surface area (Å²) in [7, 11) is 3.06. The highest BCUT2D eigenvalue weighted by Gasteiger charge is 2.15. The maximum Gasteiger partial charge on any atom is 0.320 e. The van der Waals surface area contributed by atoms with E-state index in [0.29, 0.717) is 28.1 Å². The minimum Gasteiger partial charge on any atom is -0.495 e. The Morgan fingerprint density at radius 1 is 1.20 bits per heavy atom. The van der Waals surface area contributed by atoms with Gasteiger partial charge in [0, 0.05) is 12.1 Å². The van der Waals surface area contributed by atoms with Crippen LogP contribution in [0.5, 0.6) is 11.5 Å². The quantitative estimate of drug-likeness (QED) is 0.846. The SMILES string of the molecule is COc1cc(Nc2nnc(C(C)Cl)o2)c(OC)cc1Cl. The van der Waals surface area contributed by atoms with Gasteiger partial charge >= 0.3 is 6.01 Å². The monoisotopic (exact) mass is 317 g/mol. The third-order valence-corrected chi connectivity index (χ3v) is 2.98. The predicted molar refractivity (Wildman–Crippen MR) is 76.4 cm³/mol. The summed E-state index contributed by atoms with van der Waals surface area (Å²) in [6.45, 7) is 1.74. The fraction of sp³-hybridized carbons (Fsp3) is 0.333. The third-order valence-electron chi connectivity index (χ3n) is 2.50. The number of nitrogens with zero attached hydrogens (tertiary/aromatic N) is 2. The molecule has 0 fully saturated rings. The van der Waals surface area contributed by atoms with Crippen LogP contribution < -0.4 is 14.8 Å². The summed E-state index contributed by atoms with van der Waals surface area (Å²) < 4.78 is 15.7. The molecule has 0 saturated heterocycles. The number of halogens is 2. The fourth-order valence-electron chi connectivity index (χ4n) is 1.52. The van der Waals surface area contributed by atoms with E-state index < -0.39 is 0 Å². The summed E-state index contributed by atoms with van der Waals surface area (Å²) in [5, 5.41) is 10.7. The molecule has 1 N–H and O–H groups in total. The number of aromatic nitrogens is 2. The van der Waals surface area contributed by atoms with E-state index in [-0.39, 0.29) is 11.4 Å². The zero-order valence-electron chi connectivity index (χ0n) is 11.1. The lowest BCUT2D eigenvalue weighted by molar-refractivity contribution is 0.404. The molecule has 0 aliphatic heterocycles. The molecular weight excluding hydrogens is 305 g/mol. The van der Waals surface area contributed by atoms with Crippen molar-refractivity contribution >= 4 is 34.9 Å². The second kappa shape index (κ2) is 6.19. The molecule has 2 aromatic rings. The lowest BCUT2D eigenvalue weighted by atomic mass is 10.2. The first-order valence-electron chi connectivity index (χ1n) is 5.71. The molecule has 6 nitrogen and oxygen atoms in total. The largest absolute Gasteiger partial charge is 0.495 e. The van der Waals surface area contributed by atoms with Crippen LogP contribution in [-0.4, -0.2) is 24.4 Å². The predicted octanol–water partition coefficient (Wildman–Crippen LogP) is 3.78. The average molecular weight is 318 g/mol. The first kappa shape index (κ1) is 14.7. The van der Waals surface area contributed by atoms with Crippen molar-refractivity contribution in [2.75, 3.05) is 19.5 Å². The normalized spacial score (nSPS) is 12.1. The van der Waals surface area contributed by atoms with Gasteiger partial charge in [0.1, 0.15) is 16.9 Å². The van der Waals surface area contributed by atoms with Gasteiger partial charge in [0.15, 0.2) is 0 Å². The van der Waals surface area contributed by atoms with E-state index in [1.54, 1.807) is 19.1 Å². The molecule has 108 valence electrons. The van der Waals surface area contributed by atoms with Crippen molar-refractivity contribution in [2.24, 2.45) is 0 Å². The highest BCUT2D eigenvalue weighted by Crippen LogP contribution is 2.37. The Balaban J connectivity index is 2.31. The van der Waals surface area contributed by atoms with Crippen LogP contribution in [0.15, 0.2) is 16.5 Å². The first-order chi connectivity index (χ1) is 9.55. The minimum absolute atomic E-state index is 0.204. The Bertz CT molecular complexity index is 602. The van der Waals surface area contributed by atoms with Gasteiger partial charge in [0.05, 0.1) is 24.9 Å². The molecule has 0 amide bonds. The van der Waals surface area contributed by atoms with Crippen LogP contribution in [0.25, 0.3) is 0 Å². The zero-order valence-corrected chi connectivity index (χ0v) is 12.6. The van der Waals surface area contributed by atoms with Crippen molar-refractivity contribution in [3.63, 3.8) is 0 Å². The topological polar surface area (TPSA) is 69.4 Å². The van der Waals surface area contributed by atoms with E-state index in [1.165, 1.54) is 14.2 Å². The van der Waals surface area contributed by atoms with Crippen LogP contribution in [-0.2, 0) is 0 Å². The summed E-state index contributed by atoms with van der Waals surface area (Å²) in [5.74, 6) is 1.35. The van der Waals surface area contributed by atoms with Gasteiger partial charge in [-0.3, -0.25) is 0 Å². The highest BCUT2D eigenvalue weighted by molar-refractivity contribution is 6.32. The Kier molecular flexibility index (Phi) is 4.57. The second-order valence-electron chi connectivity index (χ2n) is 3.87. The molecule has 0 aliphatic carbocycles. The maximum atomic E-state index is 6.03. The number of hydrogen-bond donors (Lipinski definition) is 1. The average Bonchev–Trinajstić information content (AvgIpc) is 2.89. The molecule has 1 unspecified atom stereocenters. The fourth-order valence-corrected chi connectivity index (χ4v) is 1.84. The molecule has 0 spiro atoms. The van der Waals surface area contributed by atoms with E-state index in [1.807, 2.05) is 0 Å². The molecule has 2 rings (SSSR count).